The number of nitrogens with zero attached hydrogens (tertiary/aromatic N) is 1. The quantitative estimate of drug-likeness (QED) is 0.739. The number of rotatable bonds is 6. The van der Waals surface area contributed by atoms with Gasteiger partial charge in [-0.15, -0.1) is 0 Å². The van der Waals surface area contributed by atoms with Crippen molar-refractivity contribution in [2.45, 2.75) is 18.7 Å². The number of nitrogens with two attached hydrogens (primary N) is 2. The molecule has 0 aliphatic heterocycles. The Bertz CT molecular complexity index is 602. The van der Waals surface area contributed by atoms with Crippen LogP contribution >= 0.6 is 15.9 Å². The molecule has 1 aromatic rings. The van der Waals surface area contributed by atoms with Crippen LogP contribution in [0.25, 0.3) is 0 Å². The molecule has 0 saturated carbocycles. The number of sulfonamides is 1. The van der Waals surface area contributed by atoms with E-state index in [4.69, 9.17) is 11.5 Å². The number of carbonyl (C=O) groups is 1. The molecule has 1 aromatic carbocycles. The first kappa shape index (κ1) is 16.9. The molecular weight excluding hydrogens is 346 g/mol. The zero-order chi connectivity index (χ0) is 15.5. The Labute approximate surface area is 127 Å². The Morgan fingerprint density at radius 1 is 1.40 bits per heavy atom. The van der Waals surface area contributed by atoms with Gasteiger partial charge in [0.1, 0.15) is 0 Å². The summed E-state index contributed by atoms with van der Waals surface area (Å²) in [6.45, 7) is 3.56. The molecule has 0 atom stereocenters. The Balaban J connectivity index is 3.28. The molecule has 0 heterocycles. The summed E-state index contributed by atoms with van der Waals surface area (Å²) >= 11 is 3.19. The minimum absolute atomic E-state index is 0.0272. The minimum Gasteiger partial charge on any atom is -0.399 e. The van der Waals surface area contributed by atoms with Crippen LogP contribution in [0.4, 0.5) is 5.69 Å². The molecule has 0 saturated heterocycles. The van der Waals surface area contributed by atoms with Crippen molar-refractivity contribution in [3.8, 4) is 0 Å². The fourth-order valence-electron chi connectivity index (χ4n) is 1.69. The van der Waals surface area contributed by atoms with E-state index >= 15 is 0 Å². The third-order valence-corrected chi connectivity index (χ3v) is 5.28. The molecule has 112 valence electrons. The van der Waals surface area contributed by atoms with Crippen molar-refractivity contribution in [1.82, 2.24) is 4.31 Å². The van der Waals surface area contributed by atoms with Gasteiger partial charge in [-0.25, -0.2) is 8.42 Å². The maximum atomic E-state index is 12.6. The van der Waals surface area contributed by atoms with E-state index in [1.54, 1.807) is 12.1 Å². The number of primary amides is 1. The first-order valence-electron chi connectivity index (χ1n) is 5.98. The van der Waals surface area contributed by atoms with Crippen LogP contribution in [0, 0.1) is 5.92 Å². The first-order chi connectivity index (χ1) is 9.14. The van der Waals surface area contributed by atoms with Gasteiger partial charge in [-0.3, -0.25) is 4.79 Å². The van der Waals surface area contributed by atoms with Crippen LogP contribution < -0.4 is 11.5 Å². The summed E-state index contributed by atoms with van der Waals surface area (Å²) in [7, 11) is -3.84. The lowest BCUT2D eigenvalue weighted by Crippen LogP contribution is -2.40. The van der Waals surface area contributed by atoms with Crippen LogP contribution in [0.1, 0.15) is 13.8 Å². The highest BCUT2D eigenvalue weighted by Crippen LogP contribution is 2.27. The average Bonchev–Trinajstić information content (AvgIpc) is 2.30. The number of amides is 1. The highest BCUT2D eigenvalue weighted by molar-refractivity contribution is 9.10. The molecule has 0 aromatic heterocycles. The van der Waals surface area contributed by atoms with Gasteiger partial charge in [-0.1, -0.05) is 13.8 Å². The summed E-state index contributed by atoms with van der Waals surface area (Å²) in [5, 5.41) is 0. The highest BCUT2D eigenvalue weighted by atomic mass is 79.9. The number of nitrogen functional groups attached to an aromatic ring is 1. The second-order valence-electron chi connectivity index (χ2n) is 4.85. The Morgan fingerprint density at radius 2 is 2.00 bits per heavy atom. The second kappa shape index (κ2) is 6.55. The number of carbonyl (C=O) groups excluding carboxylic acids is 1. The number of anilines is 1. The maximum Gasteiger partial charge on any atom is 0.244 e. The fourth-order valence-corrected chi connectivity index (χ4v) is 4.21. The standard InChI is InChI=1S/C12H18BrN3O3S/c1-8(2)6-16(7-12(15)17)20(18,19)11-5-9(14)3-4-10(11)13/h3-5,8H,6-7,14H2,1-2H3,(H2,15,17). The van der Waals surface area contributed by atoms with E-state index in [0.717, 1.165) is 4.31 Å². The predicted molar refractivity (Wildman–Crippen MR) is 81.3 cm³/mol. The van der Waals surface area contributed by atoms with Crippen LogP contribution in [0.5, 0.6) is 0 Å². The molecule has 20 heavy (non-hydrogen) atoms. The Morgan fingerprint density at radius 3 is 2.50 bits per heavy atom. The molecular formula is C12H18BrN3O3S. The van der Waals surface area contributed by atoms with E-state index in [0.29, 0.717) is 10.2 Å². The van der Waals surface area contributed by atoms with Crippen LogP contribution in [0.2, 0.25) is 0 Å². The molecule has 1 amide bonds. The molecule has 0 unspecified atom stereocenters. The van der Waals surface area contributed by atoms with Gasteiger partial charge in [-0.05, 0) is 40.0 Å². The van der Waals surface area contributed by atoms with Crippen molar-refractivity contribution >= 4 is 37.5 Å². The largest absolute Gasteiger partial charge is 0.399 e. The van der Waals surface area contributed by atoms with Crippen molar-refractivity contribution in [1.29, 1.82) is 0 Å². The van der Waals surface area contributed by atoms with Gasteiger partial charge in [0, 0.05) is 16.7 Å². The number of hydrogen-bond donors (Lipinski definition) is 2. The number of hydrogen-bond acceptors (Lipinski definition) is 4. The lowest BCUT2D eigenvalue weighted by Gasteiger charge is -2.23. The molecule has 8 heteroatoms. The third-order valence-electron chi connectivity index (χ3n) is 2.47. The number of halogens is 1. The van der Waals surface area contributed by atoms with E-state index in [1.165, 1.54) is 6.07 Å². The molecule has 0 bridgehead atoms. The molecule has 0 spiro atoms. The van der Waals surface area contributed by atoms with Crippen LogP contribution in [-0.2, 0) is 14.8 Å². The third kappa shape index (κ3) is 4.19. The van der Waals surface area contributed by atoms with Crippen LogP contribution in [0.3, 0.4) is 0 Å². The molecule has 0 aliphatic rings. The van der Waals surface area contributed by atoms with Gasteiger partial charge in [0.2, 0.25) is 15.9 Å². The van der Waals surface area contributed by atoms with Crippen LogP contribution in [-0.4, -0.2) is 31.7 Å². The molecule has 4 N–H and O–H groups in total. The van der Waals surface area contributed by atoms with E-state index < -0.39 is 15.9 Å². The summed E-state index contributed by atoms with van der Waals surface area (Å²) in [4.78, 5) is 11.1. The van der Waals surface area contributed by atoms with Crippen molar-refractivity contribution in [2.24, 2.45) is 11.7 Å². The maximum absolute atomic E-state index is 12.6. The molecule has 0 aliphatic carbocycles. The molecule has 0 radical (unpaired) electrons. The normalized spacial score (nSPS) is 12.1. The summed E-state index contributed by atoms with van der Waals surface area (Å²) in [6.07, 6.45) is 0. The molecule has 6 nitrogen and oxygen atoms in total. The van der Waals surface area contributed by atoms with Gasteiger partial charge >= 0.3 is 0 Å². The molecule has 0 fully saturated rings. The predicted octanol–water partition coefficient (Wildman–Crippen LogP) is 1.16. The van der Waals surface area contributed by atoms with Crippen molar-refractivity contribution < 1.29 is 13.2 Å². The first-order valence-corrected chi connectivity index (χ1v) is 8.21. The summed E-state index contributed by atoms with van der Waals surface area (Å²) in [6, 6.07) is 4.50. The Hall–Kier alpha value is -1.12. The smallest absolute Gasteiger partial charge is 0.244 e. The van der Waals surface area contributed by atoms with E-state index in [2.05, 4.69) is 15.9 Å². The SMILES string of the molecule is CC(C)CN(CC(N)=O)S(=O)(=O)c1cc(N)ccc1Br. The summed E-state index contributed by atoms with van der Waals surface area (Å²) in [5.74, 6) is -0.641. The monoisotopic (exact) mass is 363 g/mol. The van der Waals surface area contributed by atoms with Gasteiger partial charge in [0.15, 0.2) is 0 Å². The van der Waals surface area contributed by atoms with Crippen molar-refractivity contribution in [2.75, 3.05) is 18.8 Å². The van der Waals surface area contributed by atoms with Crippen molar-refractivity contribution in [3.05, 3.63) is 22.7 Å². The number of benzene rings is 1. The van der Waals surface area contributed by atoms with Gasteiger partial charge < -0.3 is 11.5 Å². The van der Waals surface area contributed by atoms with Gasteiger partial charge in [0.25, 0.3) is 0 Å². The average molecular weight is 364 g/mol. The topological polar surface area (TPSA) is 106 Å². The summed E-state index contributed by atoms with van der Waals surface area (Å²) < 4.78 is 26.7. The lowest BCUT2D eigenvalue weighted by molar-refractivity contribution is -0.118. The zero-order valence-corrected chi connectivity index (χ0v) is 13.7. The van der Waals surface area contributed by atoms with E-state index in [1.807, 2.05) is 13.8 Å². The Kier molecular flexibility index (Phi) is 5.55. The lowest BCUT2D eigenvalue weighted by atomic mass is 10.2. The second-order valence-corrected chi connectivity index (χ2v) is 7.61. The summed E-state index contributed by atoms with van der Waals surface area (Å²) in [5.41, 5.74) is 11.1. The zero-order valence-electron chi connectivity index (χ0n) is 11.3. The fraction of sp³-hybridized carbons (Fsp3) is 0.417. The van der Waals surface area contributed by atoms with Gasteiger partial charge in [0.05, 0.1) is 11.4 Å². The van der Waals surface area contributed by atoms with Crippen LogP contribution in [0.15, 0.2) is 27.6 Å². The van der Waals surface area contributed by atoms with E-state index in [9.17, 15) is 13.2 Å². The molecule has 1 rings (SSSR count). The van der Waals surface area contributed by atoms with Crippen molar-refractivity contribution in [3.63, 3.8) is 0 Å². The highest BCUT2D eigenvalue weighted by Gasteiger charge is 2.28. The van der Waals surface area contributed by atoms with E-state index in [-0.39, 0.29) is 23.9 Å². The minimum atomic E-state index is -3.84. The van der Waals surface area contributed by atoms with Gasteiger partial charge in [-0.2, -0.15) is 4.31 Å².